The summed E-state index contributed by atoms with van der Waals surface area (Å²) < 4.78 is 18.4. The van der Waals surface area contributed by atoms with Crippen molar-refractivity contribution in [1.82, 2.24) is 4.90 Å². The van der Waals surface area contributed by atoms with Crippen molar-refractivity contribution in [2.24, 2.45) is 0 Å². The third kappa shape index (κ3) is 4.06. The van der Waals surface area contributed by atoms with Crippen LogP contribution < -0.4 is 5.32 Å². The van der Waals surface area contributed by atoms with Gasteiger partial charge in [-0.1, -0.05) is 18.2 Å². The monoisotopic (exact) mass is 384 g/mol. The second kappa shape index (κ2) is 7.99. The second-order valence-electron chi connectivity index (χ2n) is 6.23. The summed E-state index contributed by atoms with van der Waals surface area (Å²) in [7, 11) is 1.38. The van der Waals surface area contributed by atoms with Crippen molar-refractivity contribution in [1.29, 1.82) is 0 Å². The molecule has 1 aliphatic heterocycles. The first kappa shape index (κ1) is 19.2. The molecule has 28 heavy (non-hydrogen) atoms. The summed E-state index contributed by atoms with van der Waals surface area (Å²) in [5.74, 6) is -2.47. The molecule has 0 aliphatic carbocycles. The third-order valence-electron chi connectivity index (χ3n) is 4.29. The fourth-order valence-electron chi connectivity index (χ4n) is 2.79. The van der Waals surface area contributed by atoms with Crippen LogP contribution in [0.4, 0.5) is 10.1 Å². The Kier molecular flexibility index (Phi) is 5.49. The average Bonchev–Trinajstić information content (AvgIpc) is 2.90. The van der Waals surface area contributed by atoms with Crippen LogP contribution in [0.15, 0.2) is 42.5 Å². The number of fused-ring (bicyclic) bond motifs is 1. The van der Waals surface area contributed by atoms with Crippen LogP contribution >= 0.6 is 0 Å². The topological polar surface area (TPSA) is 92.8 Å². The Hall–Kier alpha value is -3.55. The number of nitrogens with one attached hydrogen (secondary N) is 1. The maximum atomic E-state index is 13.5. The first-order valence-electron chi connectivity index (χ1n) is 8.52. The Bertz CT molecular complexity index is 973. The minimum Gasteiger partial charge on any atom is -0.456 e. The average molecular weight is 384 g/mol. The van der Waals surface area contributed by atoms with Crippen LogP contribution in [0.1, 0.15) is 32.7 Å². The van der Waals surface area contributed by atoms with Gasteiger partial charge in [0, 0.05) is 19.2 Å². The molecule has 7 nitrogen and oxygen atoms in total. The zero-order valence-corrected chi connectivity index (χ0v) is 15.0. The smallest absolute Gasteiger partial charge is 0.306 e. The number of ether oxygens (including phenoxy) is 1. The van der Waals surface area contributed by atoms with E-state index in [-0.39, 0.29) is 24.0 Å². The van der Waals surface area contributed by atoms with Crippen molar-refractivity contribution in [2.75, 3.05) is 19.0 Å². The molecule has 0 aromatic heterocycles. The molecule has 0 saturated heterocycles. The lowest BCUT2D eigenvalue weighted by atomic mass is 10.1. The third-order valence-corrected chi connectivity index (χ3v) is 4.29. The number of halogens is 1. The number of esters is 1. The number of nitrogens with zero attached hydrogens (tertiary/aromatic N) is 1. The second-order valence-corrected chi connectivity index (χ2v) is 6.23. The summed E-state index contributed by atoms with van der Waals surface area (Å²) >= 11 is 0. The molecule has 2 aromatic rings. The highest BCUT2D eigenvalue weighted by atomic mass is 19.1. The van der Waals surface area contributed by atoms with Crippen LogP contribution in [0.5, 0.6) is 0 Å². The number of hydrogen-bond acceptors (Lipinski definition) is 5. The fourth-order valence-corrected chi connectivity index (χ4v) is 2.79. The van der Waals surface area contributed by atoms with Crippen LogP contribution in [0.2, 0.25) is 0 Å². The maximum Gasteiger partial charge on any atom is 0.306 e. The van der Waals surface area contributed by atoms with Gasteiger partial charge >= 0.3 is 5.97 Å². The van der Waals surface area contributed by atoms with E-state index in [1.807, 2.05) is 0 Å². The van der Waals surface area contributed by atoms with Gasteiger partial charge in [0.05, 0.1) is 11.1 Å². The molecule has 0 atom stereocenters. The quantitative estimate of drug-likeness (QED) is 0.609. The van der Waals surface area contributed by atoms with Crippen molar-refractivity contribution < 1.29 is 28.3 Å². The van der Waals surface area contributed by atoms with Crippen LogP contribution in [0.3, 0.4) is 0 Å². The van der Waals surface area contributed by atoms with Gasteiger partial charge < -0.3 is 10.1 Å². The molecule has 0 bridgehead atoms. The lowest BCUT2D eigenvalue weighted by Gasteiger charge is -2.08. The van der Waals surface area contributed by atoms with E-state index in [0.29, 0.717) is 11.3 Å². The normalized spacial score (nSPS) is 12.7. The Balaban J connectivity index is 1.50. The van der Waals surface area contributed by atoms with E-state index in [1.54, 1.807) is 18.2 Å². The molecule has 0 fully saturated rings. The molecule has 0 saturated carbocycles. The maximum absolute atomic E-state index is 13.5. The first-order chi connectivity index (χ1) is 13.4. The Morgan fingerprint density at radius 3 is 2.54 bits per heavy atom. The number of hydrogen-bond donors (Lipinski definition) is 1. The summed E-state index contributed by atoms with van der Waals surface area (Å²) in [6.07, 6.45) is 0.109. The van der Waals surface area contributed by atoms with Crippen LogP contribution in [-0.4, -0.2) is 42.2 Å². The fraction of sp³-hybridized carbons (Fsp3) is 0.200. The summed E-state index contributed by atoms with van der Waals surface area (Å²) in [5, 5.41) is 2.50. The molecular weight excluding hydrogens is 367 g/mol. The highest BCUT2D eigenvalue weighted by Crippen LogP contribution is 2.24. The number of carbonyl (C=O) groups excluding carboxylic acids is 4. The molecule has 0 unspecified atom stereocenters. The van der Waals surface area contributed by atoms with Crippen LogP contribution in [-0.2, 0) is 20.7 Å². The number of amides is 3. The summed E-state index contributed by atoms with van der Waals surface area (Å²) in [5.41, 5.74) is 1.17. The van der Waals surface area contributed by atoms with E-state index in [0.717, 1.165) is 4.90 Å². The zero-order valence-electron chi connectivity index (χ0n) is 15.0. The minimum atomic E-state index is -0.630. The summed E-state index contributed by atoms with van der Waals surface area (Å²) in [6, 6.07) is 10.5. The van der Waals surface area contributed by atoms with Gasteiger partial charge in [-0.15, -0.1) is 0 Å². The van der Waals surface area contributed by atoms with Crippen molar-refractivity contribution >= 4 is 29.4 Å². The zero-order chi connectivity index (χ0) is 20.3. The van der Waals surface area contributed by atoms with Gasteiger partial charge in [0.2, 0.25) is 0 Å². The van der Waals surface area contributed by atoms with Crippen molar-refractivity contribution in [2.45, 2.75) is 12.8 Å². The van der Waals surface area contributed by atoms with Gasteiger partial charge in [0.25, 0.3) is 17.7 Å². The van der Waals surface area contributed by atoms with Crippen molar-refractivity contribution in [3.05, 3.63) is 65.0 Å². The molecule has 3 rings (SSSR count). The van der Waals surface area contributed by atoms with E-state index in [1.165, 1.54) is 31.3 Å². The molecular formula is C20H17FN2O5. The molecule has 8 heteroatoms. The molecule has 1 N–H and O–H groups in total. The Labute approximate surface area is 160 Å². The van der Waals surface area contributed by atoms with Gasteiger partial charge in [-0.05, 0) is 36.2 Å². The predicted octanol–water partition coefficient (Wildman–Crippen LogP) is 2.17. The predicted molar refractivity (Wildman–Crippen MR) is 97.2 cm³/mol. The van der Waals surface area contributed by atoms with Gasteiger partial charge in [-0.2, -0.15) is 0 Å². The van der Waals surface area contributed by atoms with E-state index < -0.39 is 36.1 Å². The molecule has 1 heterocycles. The van der Waals surface area contributed by atoms with Gasteiger partial charge in [0.15, 0.2) is 6.61 Å². The number of anilines is 1. The number of rotatable bonds is 6. The molecule has 0 spiro atoms. The largest absolute Gasteiger partial charge is 0.456 e. The lowest BCUT2D eigenvalue weighted by Crippen LogP contribution is -2.24. The van der Waals surface area contributed by atoms with E-state index in [9.17, 15) is 23.6 Å². The molecule has 0 radical (unpaired) electrons. The molecule has 1 aliphatic rings. The number of aryl methyl sites for hydroxylation is 1. The number of carbonyl (C=O) groups is 4. The van der Waals surface area contributed by atoms with Crippen molar-refractivity contribution in [3.8, 4) is 0 Å². The molecule has 3 amide bonds. The van der Waals surface area contributed by atoms with Gasteiger partial charge in [-0.3, -0.25) is 24.1 Å². The van der Waals surface area contributed by atoms with Crippen LogP contribution in [0.25, 0.3) is 0 Å². The Morgan fingerprint density at radius 2 is 1.79 bits per heavy atom. The van der Waals surface area contributed by atoms with E-state index >= 15 is 0 Å². The highest BCUT2D eigenvalue weighted by molar-refractivity contribution is 6.21. The first-order valence-corrected chi connectivity index (χ1v) is 8.52. The van der Waals surface area contributed by atoms with Gasteiger partial charge in [-0.25, -0.2) is 4.39 Å². The van der Waals surface area contributed by atoms with Crippen molar-refractivity contribution in [3.63, 3.8) is 0 Å². The summed E-state index contributed by atoms with van der Waals surface area (Å²) in [6.45, 7) is -0.514. The molecule has 2 aromatic carbocycles. The number of benzene rings is 2. The van der Waals surface area contributed by atoms with E-state index in [2.05, 4.69) is 5.32 Å². The minimum absolute atomic E-state index is 0.0595. The van der Waals surface area contributed by atoms with Gasteiger partial charge in [0.1, 0.15) is 5.82 Å². The lowest BCUT2D eigenvalue weighted by molar-refractivity contribution is -0.147. The molecule has 144 valence electrons. The Morgan fingerprint density at radius 1 is 1.07 bits per heavy atom. The highest BCUT2D eigenvalue weighted by Gasteiger charge is 2.32. The standard InChI is InChI=1S/C20H17FN2O5/c1-23-19(26)14-8-7-13(10-15(14)20(23)27)22-17(24)11-28-18(25)9-6-12-4-2-3-5-16(12)21/h2-5,7-8,10H,6,9,11H2,1H3,(H,22,24). The van der Waals surface area contributed by atoms with Crippen LogP contribution in [0, 0.1) is 5.82 Å². The number of imide groups is 1. The SMILES string of the molecule is CN1C(=O)c2ccc(NC(=O)COC(=O)CCc3ccccc3F)cc2C1=O. The van der Waals surface area contributed by atoms with E-state index in [4.69, 9.17) is 4.74 Å². The summed E-state index contributed by atoms with van der Waals surface area (Å²) in [4.78, 5) is 48.5.